The molecular weight excluding hydrogens is 316 g/mol. The number of likely N-dealkylation sites (tertiary alicyclic amines) is 1. The number of carbonyl (C=O) groups excluding carboxylic acids is 1. The van der Waals surface area contributed by atoms with Gasteiger partial charge in [-0.3, -0.25) is 4.79 Å². The molecule has 1 aromatic carbocycles. The topological polar surface area (TPSA) is 64.8 Å². The van der Waals surface area contributed by atoms with Gasteiger partial charge in [-0.2, -0.15) is 0 Å². The number of nitrogens with two attached hydrogens (primary N) is 1. The van der Waals surface area contributed by atoms with Crippen molar-refractivity contribution in [3.8, 4) is 11.5 Å². The fourth-order valence-electron chi connectivity index (χ4n) is 2.84. The van der Waals surface area contributed by atoms with E-state index in [1.54, 1.807) is 0 Å². The first-order valence-corrected chi connectivity index (χ1v) is 8.02. The second kappa shape index (κ2) is 9.63. The average molecular weight is 343 g/mol. The van der Waals surface area contributed by atoms with E-state index in [1.807, 2.05) is 43.0 Å². The highest BCUT2D eigenvalue weighted by Gasteiger charge is 2.29. The predicted octanol–water partition coefficient (Wildman–Crippen LogP) is 2.61. The molecule has 130 valence electrons. The molecule has 2 N–H and O–H groups in total. The van der Waals surface area contributed by atoms with Crippen LogP contribution in [0.15, 0.2) is 24.3 Å². The zero-order valence-corrected chi connectivity index (χ0v) is 14.7. The molecule has 2 rings (SSSR count). The Balaban J connectivity index is 0.00000264. The zero-order valence-electron chi connectivity index (χ0n) is 13.9. The van der Waals surface area contributed by atoms with Crippen LogP contribution in [0.3, 0.4) is 0 Å². The van der Waals surface area contributed by atoms with E-state index in [9.17, 15) is 4.79 Å². The third kappa shape index (κ3) is 5.59. The summed E-state index contributed by atoms with van der Waals surface area (Å²) in [6.45, 7) is 5.36. The largest absolute Gasteiger partial charge is 0.494 e. The fourth-order valence-corrected chi connectivity index (χ4v) is 2.84. The molecule has 0 saturated carbocycles. The SMILES string of the molecule is CCOc1ccc(OCC(=O)N2CCCCC2C(C)N)cc1.Cl. The van der Waals surface area contributed by atoms with Crippen LogP contribution >= 0.6 is 12.4 Å². The van der Waals surface area contributed by atoms with Crippen molar-refractivity contribution in [2.45, 2.75) is 45.2 Å². The molecule has 6 heteroatoms. The van der Waals surface area contributed by atoms with E-state index >= 15 is 0 Å². The first-order valence-electron chi connectivity index (χ1n) is 8.02. The molecule has 0 aliphatic carbocycles. The number of benzene rings is 1. The summed E-state index contributed by atoms with van der Waals surface area (Å²) in [7, 11) is 0. The third-order valence-corrected chi connectivity index (χ3v) is 3.97. The van der Waals surface area contributed by atoms with Crippen molar-refractivity contribution >= 4 is 18.3 Å². The van der Waals surface area contributed by atoms with E-state index in [1.165, 1.54) is 0 Å². The summed E-state index contributed by atoms with van der Waals surface area (Å²) in [6, 6.07) is 7.44. The van der Waals surface area contributed by atoms with Crippen LogP contribution in [0.25, 0.3) is 0 Å². The molecule has 1 saturated heterocycles. The van der Waals surface area contributed by atoms with Gasteiger partial charge in [0.2, 0.25) is 0 Å². The summed E-state index contributed by atoms with van der Waals surface area (Å²) in [6.07, 6.45) is 3.15. The zero-order chi connectivity index (χ0) is 15.9. The second-order valence-electron chi connectivity index (χ2n) is 5.70. The van der Waals surface area contributed by atoms with Crippen LogP contribution in [0.5, 0.6) is 11.5 Å². The number of hydrogen-bond acceptors (Lipinski definition) is 4. The summed E-state index contributed by atoms with van der Waals surface area (Å²) < 4.78 is 11.0. The Hall–Kier alpha value is -1.46. The van der Waals surface area contributed by atoms with Gasteiger partial charge in [0.25, 0.3) is 5.91 Å². The van der Waals surface area contributed by atoms with E-state index in [4.69, 9.17) is 15.2 Å². The molecule has 1 aromatic rings. The monoisotopic (exact) mass is 342 g/mol. The van der Waals surface area contributed by atoms with Crippen molar-refractivity contribution < 1.29 is 14.3 Å². The number of hydrogen-bond donors (Lipinski definition) is 1. The maximum absolute atomic E-state index is 12.4. The minimum atomic E-state index is -0.00488. The highest BCUT2D eigenvalue weighted by atomic mass is 35.5. The first-order chi connectivity index (χ1) is 10.6. The van der Waals surface area contributed by atoms with Crippen molar-refractivity contribution in [3.05, 3.63) is 24.3 Å². The number of rotatable bonds is 6. The Morgan fingerprint density at radius 2 is 1.87 bits per heavy atom. The molecule has 23 heavy (non-hydrogen) atoms. The number of amides is 1. The van der Waals surface area contributed by atoms with E-state index in [2.05, 4.69) is 0 Å². The first kappa shape index (κ1) is 19.6. The lowest BCUT2D eigenvalue weighted by atomic mass is 9.97. The van der Waals surface area contributed by atoms with Gasteiger partial charge in [0.15, 0.2) is 6.61 Å². The van der Waals surface area contributed by atoms with Crippen molar-refractivity contribution in [3.63, 3.8) is 0 Å². The smallest absolute Gasteiger partial charge is 0.260 e. The summed E-state index contributed by atoms with van der Waals surface area (Å²) >= 11 is 0. The van der Waals surface area contributed by atoms with Crippen LogP contribution in [-0.2, 0) is 4.79 Å². The Morgan fingerprint density at radius 1 is 1.26 bits per heavy atom. The molecule has 1 fully saturated rings. The van der Waals surface area contributed by atoms with Gasteiger partial charge >= 0.3 is 0 Å². The molecule has 0 bridgehead atoms. The van der Waals surface area contributed by atoms with Gasteiger partial charge < -0.3 is 20.1 Å². The maximum Gasteiger partial charge on any atom is 0.260 e. The highest BCUT2D eigenvalue weighted by molar-refractivity contribution is 5.85. The summed E-state index contributed by atoms with van der Waals surface area (Å²) in [5, 5.41) is 0. The Morgan fingerprint density at radius 3 is 2.43 bits per heavy atom. The van der Waals surface area contributed by atoms with Crippen LogP contribution < -0.4 is 15.2 Å². The van der Waals surface area contributed by atoms with Gasteiger partial charge in [0.05, 0.1) is 6.61 Å². The van der Waals surface area contributed by atoms with Crippen LogP contribution in [0.2, 0.25) is 0 Å². The number of nitrogens with zero attached hydrogens (tertiary/aromatic N) is 1. The fraction of sp³-hybridized carbons (Fsp3) is 0.588. The lowest BCUT2D eigenvalue weighted by Crippen LogP contribution is -2.52. The van der Waals surface area contributed by atoms with Gasteiger partial charge in [-0.25, -0.2) is 0 Å². The lowest BCUT2D eigenvalue weighted by Gasteiger charge is -2.38. The van der Waals surface area contributed by atoms with Crippen molar-refractivity contribution in [2.75, 3.05) is 19.8 Å². The summed E-state index contributed by atoms with van der Waals surface area (Å²) in [4.78, 5) is 14.3. The number of piperidine rings is 1. The summed E-state index contributed by atoms with van der Waals surface area (Å²) in [5.74, 6) is 1.48. The van der Waals surface area contributed by atoms with Crippen LogP contribution in [-0.4, -0.2) is 42.6 Å². The van der Waals surface area contributed by atoms with Crippen LogP contribution in [0.4, 0.5) is 0 Å². The molecule has 1 aliphatic heterocycles. The Bertz CT molecular complexity index is 479. The molecule has 5 nitrogen and oxygen atoms in total. The normalized spacial score (nSPS) is 18.7. The van der Waals surface area contributed by atoms with E-state index in [0.717, 1.165) is 31.6 Å². The van der Waals surface area contributed by atoms with Gasteiger partial charge in [-0.1, -0.05) is 0 Å². The quantitative estimate of drug-likeness (QED) is 0.863. The van der Waals surface area contributed by atoms with Gasteiger partial charge in [-0.05, 0) is 57.4 Å². The van der Waals surface area contributed by atoms with E-state index in [-0.39, 0.29) is 37.0 Å². The van der Waals surface area contributed by atoms with Crippen molar-refractivity contribution in [2.24, 2.45) is 5.73 Å². The molecule has 0 aromatic heterocycles. The molecule has 0 spiro atoms. The number of ether oxygens (including phenoxy) is 2. The van der Waals surface area contributed by atoms with Gasteiger partial charge in [0.1, 0.15) is 11.5 Å². The molecule has 1 amide bonds. The lowest BCUT2D eigenvalue weighted by molar-refractivity contribution is -0.137. The minimum absolute atomic E-state index is 0. The molecule has 1 aliphatic rings. The minimum Gasteiger partial charge on any atom is -0.494 e. The second-order valence-corrected chi connectivity index (χ2v) is 5.70. The van der Waals surface area contributed by atoms with Crippen molar-refractivity contribution in [1.82, 2.24) is 4.90 Å². The number of halogens is 1. The maximum atomic E-state index is 12.4. The third-order valence-electron chi connectivity index (χ3n) is 3.97. The van der Waals surface area contributed by atoms with E-state index < -0.39 is 0 Å². The van der Waals surface area contributed by atoms with E-state index in [0.29, 0.717) is 12.4 Å². The Kier molecular flexibility index (Phi) is 8.20. The van der Waals surface area contributed by atoms with Crippen LogP contribution in [0.1, 0.15) is 33.1 Å². The Labute approximate surface area is 144 Å². The van der Waals surface area contributed by atoms with Crippen molar-refractivity contribution in [1.29, 1.82) is 0 Å². The van der Waals surface area contributed by atoms with Crippen LogP contribution in [0, 0.1) is 0 Å². The molecule has 2 atom stereocenters. The van der Waals surface area contributed by atoms with Gasteiger partial charge in [-0.15, -0.1) is 12.4 Å². The highest BCUT2D eigenvalue weighted by Crippen LogP contribution is 2.20. The standard InChI is InChI=1S/C17H26N2O3.ClH/c1-3-21-14-7-9-15(10-8-14)22-12-17(20)19-11-5-4-6-16(19)13(2)18;/h7-10,13,16H,3-6,11-12,18H2,1-2H3;1H. The molecular formula is C17H27ClN2O3. The predicted molar refractivity (Wildman–Crippen MR) is 93.4 cm³/mol. The summed E-state index contributed by atoms with van der Waals surface area (Å²) in [5.41, 5.74) is 6.00. The van der Waals surface area contributed by atoms with Gasteiger partial charge in [0, 0.05) is 18.6 Å². The molecule has 0 radical (unpaired) electrons. The molecule has 1 heterocycles. The number of carbonyl (C=O) groups is 1. The molecule has 2 unspecified atom stereocenters. The average Bonchev–Trinajstić information content (AvgIpc) is 2.54.